The van der Waals surface area contributed by atoms with Gasteiger partial charge in [0, 0.05) is 46.4 Å². The van der Waals surface area contributed by atoms with Crippen molar-refractivity contribution < 1.29 is 14.5 Å². The summed E-state index contributed by atoms with van der Waals surface area (Å²) in [4.78, 5) is 36.6. The van der Waals surface area contributed by atoms with Gasteiger partial charge < -0.3 is 14.8 Å². The second-order valence-corrected chi connectivity index (χ2v) is 7.62. The molecule has 0 saturated heterocycles. The molecule has 0 aliphatic heterocycles. The Kier molecular flexibility index (Phi) is 5.97. The van der Waals surface area contributed by atoms with Gasteiger partial charge in [-0.1, -0.05) is 15.9 Å². The maximum Gasteiger partial charge on any atom is 0.270 e. The van der Waals surface area contributed by atoms with Gasteiger partial charge in [-0.15, -0.1) is 0 Å². The lowest BCUT2D eigenvalue weighted by Gasteiger charge is -2.18. The van der Waals surface area contributed by atoms with Crippen molar-refractivity contribution in [3.8, 4) is 0 Å². The Balaban J connectivity index is 1.63. The molecule has 8 nitrogen and oxygen atoms in total. The second kappa shape index (κ2) is 8.44. The van der Waals surface area contributed by atoms with Gasteiger partial charge in [0.1, 0.15) is 6.54 Å². The zero-order valence-corrected chi connectivity index (χ0v) is 17.5. The highest BCUT2D eigenvalue weighted by Crippen LogP contribution is 2.22. The third kappa shape index (κ3) is 4.80. The fourth-order valence-corrected chi connectivity index (χ4v) is 3.44. The Morgan fingerprint density at radius 2 is 1.97 bits per heavy atom. The number of likely N-dealkylation sites (N-methyl/N-ethyl adjacent to an activating group) is 1. The zero-order chi connectivity index (χ0) is 21.1. The lowest BCUT2D eigenvalue weighted by atomic mass is 10.2. The lowest BCUT2D eigenvalue weighted by Crippen LogP contribution is -2.36. The third-order valence-electron chi connectivity index (χ3n) is 4.54. The summed E-state index contributed by atoms with van der Waals surface area (Å²) in [5.74, 6) is -0.539. The van der Waals surface area contributed by atoms with Crippen LogP contribution in [0.25, 0.3) is 10.9 Å². The number of benzene rings is 2. The predicted octanol–water partition coefficient (Wildman–Crippen LogP) is 3.72. The molecule has 0 aliphatic rings. The third-order valence-corrected chi connectivity index (χ3v) is 5.03. The van der Waals surface area contributed by atoms with Gasteiger partial charge in [0.05, 0.1) is 11.5 Å². The van der Waals surface area contributed by atoms with E-state index in [1.54, 1.807) is 36.0 Å². The minimum absolute atomic E-state index is 0.00130. The van der Waals surface area contributed by atoms with E-state index >= 15 is 0 Å². The monoisotopic (exact) mass is 458 g/mol. The van der Waals surface area contributed by atoms with Crippen LogP contribution in [0.1, 0.15) is 5.56 Å². The molecule has 3 aromatic rings. The molecule has 2 amide bonds. The first-order valence-corrected chi connectivity index (χ1v) is 9.57. The first-order valence-electron chi connectivity index (χ1n) is 8.78. The summed E-state index contributed by atoms with van der Waals surface area (Å²) in [6.07, 6.45) is 1.70. The van der Waals surface area contributed by atoms with Gasteiger partial charge in [0.2, 0.25) is 11.8 Å². The van der Waals surface area contributed by atoms with Crippen molar-refractivity contribution in [1.29, 1.82) is 0 Å². The van der Waals surface area contributed by atoms with E-state index in [-0.39, 0.29) is 30.6 Å². The van der Waals surface area contributed by atoms with Crippen LogP contribution in [0.3, 0.4) is 0 Å². The highest BCUT2D eigenvalue weighted by Gasteiger charge is 2.16. The fourth-order valence-electron chi connectivity index (χ4n) is 2.97. The Morgan fingerprint density at radius 3 is 2.66 bits per heavy atom. The molecular formula is C20H19BrN4O4. The number of fused-ring (bicyclic) bond motifs is 1. The van der Waals surface area contributed by atoms with E-state index in [1.807, 2.05) is 19.1 Å². The molecule has 0 bridgehead atoms. The molecule has 29 heavy (non-hydrogen) atoms. The molecule has 0 aliphatic carbocycles. The van der Waals surface area contributed by atoms with E-state index < -0.39 is 4.92 Å². The van der Waals surface area contributed by atoms with Crippen LogP contribution in [0.15, 0.2) is 53.1 Å². The van der Waals surface area contributed by atoms with E-state index in [0.717, 1.165) is 10.0 Å². The van der Waals surface area contributed by atoms with Crippen molar-refractivity contribution in [3.63, 3.8) is 0 Å². The van der Waals surface area contributed by atoms with Crippen molar-refractivity contribution in [3.05, 3.63) is 68.8 Å². The molecule has 1 aromatic heterocycles. The number of rotatable bonds is 6. The number of nitro groups is 1. The van der Waals surface area contributed by atoms with Crippen LogP contribution >= 0.6 is 15.9 Å². The number of carbonyl (C=O) groups is 2. The van der Waals surface area contributed by atoms with Crippen molar-refractivity contribution in [2.75, 3.05) is 18.9 Å². The summed E-state index contributed by atoms with van der Waals surface area (Å²) >= 11 is 3.38. The van der Waals surface area contributed by atoms with Crippen molar-refractivity contribution in [2.24, 2.45) is 0 Å². The van der Waals surface area contributed by atoms with E-state index in [2.05, 4.69) is 21.2 Å². The largest absolute Gasteiger partial charge is 0.338 e. The summed E-state index contributed by atoms with van der Waals surface area (Å²) in [6.45, 7) is 1.83. The number of nitrogens with one attached hydrogen (secondary N) is 1. The van der Waals surface area contributed by atoms with Gasteiger partial charge >= 0.3 is 0 Å². The number of anilines is 1. The van der Waals surface area contributed by atoms with Crippen molar-refractivity contribution in [2.45, 2.75) is 13.5 Å². The van der Waals surface area contributed by atoms with Crippen LogP contribution < -0.4 is 5.32 Å². The first kappa shape index (κ1) is 20.5. The van der Waals surface area contributed by atoms with E-state index in [4.69, 9.17) is 0 Å². The molecule has 0 spiro atoms. The van der Waals surface area contributed by atoms with E-state index in [0.29, 0.717) is 16.6 Å². The van der Waals surface area contributed by atoms with Gasteiger partial charge in [-0.3, -0.25) is 19.7 Å². The molecule has 9 heteroatoms. The standard InChI is InChI=1S/C20H19BrN4O4/c1-13-9-15(21)3-5-17(13)22-19(26)11-23(2)20(27)12-24-8-7-14-10-16(25(28)29)4-6-18(14)24/h3-10H,11-12H2,1-2H3,(H,22,26). The van der Waals surface area contributed by atoms with Gasteiger partial charge in [-0.25, -0.2) is 0 Å². The number of non-ortho nitro benzene ring substituents is 1. The van der Waals surface area contributed by atoms with Crippen molar-refractivity contribution in [1.82, 2.24) is 9.47 Å². The Bertz CT molecular complexity index is 1110. The Hall–Kier alpha value is -3.20. The SMILES string of the molecule is Cc1cc(Br)ccc1NC(=O)CN(C)C(=O)Cn1ccc2cc([N+](=O)[O-])ccc21. The molecule has 0 saturated carbocycles. The van der Waals surface area contributed by atoms with Crippen LogP contribution in [0.4, 0.5) is 11.4 Å². The number of nitrogens with zero attached hydrogens (tertiary/aromatic N) is 3. The number of halogens is 1. The number of aromatic nitrogens is 1. The molecule has 1 heterocycles. The van der Waals surface area contributed by atoms with Crippen LogP contribution in [0.5, 0.6) is 0 Å². The van der Waals surface area contributed by atoms with Gasteiger partial charge in [-0.2, -0.15) is 0 Å². The van der Waals surface area contributed by atoms with E-state index in [1.165, 1.54) is 17.0 Å². The maximum atomic E-state index is 12.5. The summed E-state index contributed by atoms with van der Waals surface area (Å²) in [5.41, 5.74) is 2.32. The molecule has 0 unspecified atom stereocenters. The topological polar surface area (TPSA) is 97.5 Å². The van der Waals surface area contributed by atoms with Crippen LogP contribution in [-0.4, -0.2) is 39.8 Å². The Labute approximate surface area is 175 Å². The minimum Gasteiger partial charge on any atom is -0.338 e. The van der Waals surface area contributed by atoms with Crippen molar-refractivity contribution >= 4 is 50.0 Å². The van der Waals surface area contributed by atoms with E-state index in [9.17, 15) is 19.7 Å². The number of nitro benzene ring substituents is 1. The lowest BCUT2D eigenvalue weighted by molar-refractivity contribution is -0.384. The van der Waals surface area contributed by atoms with Gasteiger partial charge in [0.15, 0.2) is 0 Å². The van der Waals surface area contributed by atoms with Gasteiger partial charge in [-0.05, 0) is 42.8 Å². The smallest absolute Gasteiger partial charge is 0.270 e. The highest BCUT2D eigenvalue weighted by molar-refractivity contribution is 9.10. The number of aryl methyl sites for hydroxylation is 1. The van der Waals surface area contributed by atoms with Crippen LogP contribution in [0.2, 0.25) is 0 Å². The van der Waals surface area contributed by atoms with Gasteiger partial charge in [0.25, 0.3) is 5.69 Å². The quantitative estimate of drug-likeness (QED) is 0.449. The zero-order valence-electron chi connectivity index (χ0n) is 15.9. The molecule has 3 rings (SSSR count). The summed E-state index contributed by atoms with van der Waals surface area (Å²) < 4.78 is 2.62. The average Bonchev–Trinajstić information content (AvgIpc) is 3.06. The molecule has 0 atom stereocenters. The highest BCUT2D eigenvalue weighted by atomic mass is 79.9. The normalized spacial score (nSPS) is 10.7. The first-order chi connectivity index (χ1) is 13.7. The number of carbonyl (C=O) groups excluding carboxylic acids is 2. The maximum absolute atomic E-state index is 12.5. The second-order valence-electron chi connectivity index (χ2n) is 6.70. The molecule has 150 valence electrons. The van der Waals surface area contributed by atoms with Crippen LogP contribution in [-0.2, 0) is 16.1 Å². The minimum atomic E-state index is -0.457. The number of hydrogen-bond acceptors (Lipinski definition) is 4. The van der Waals surface area contributed by atoms with Crippen LogP contribution in [0, 0.1) is 17.0 Å². The summed E-state index contributed by atoms with van der Waals surface area (Å²) in [7, 11) is 1.56. The average molecular weight is 459 g/mol. The molecule has 2 aromatic carbocycles. The summed E-state index contributed by atoms with van der Waals surface area (Å²) in [6, 6.07) is 11.7. The fraction of sp³-hybridized carbons (Fsp3) is 0.200. The molecule has 1 N–H and O–H groups in total. The number of hydrogen-bond donors (Lipinski definition) is 1. The molecule has 0 fully saturated rings. The summed E-state index contributed by atoms with van der Waals surface area (Å²) in [5, 5.41) is 14.4. The predicted molar refractivity (Wildman–Crippen MR) is 114 cm³/mol. The number of amides is 2. The Morgan fingerprint density at radius 1 is 1.21 bits per heavy atom. The molecule has 0 radical (unpaired) electrons. The molecular weight excluding hydrogens is 440 g/mol.